The highest BCUT2D eigenvalue weighted by Crippen LogP contribution is 2.24. The van der Waals surface area contributed by atoms with E-state index in [1.165, 1.54) is 10.9 Å². The maximum Gasteiger partial charge on any atom is 0.119 e. The van der Waals surface area contributed by atoms with Gasteiger partial charge < -0.3 is 10.1 Å². The molecule has 0 saturated carbocycles. The number of aromatic hydroxyl groups is 1. The zero-order chi connectivity index (χ0) is 11.7. The molecule has 0 saturated heterocycles. The van der Waals surface area contributed by atoms with E-state index in [0.29, 0.717) is 5.75 Å². The molecule has 3 rings (SSSR count). The molecule has 2 N–H and O–H groups in total. The SMILES string of the molecule is Oc1ccccc1Cc1c[nH]c2ccccc12. The summed E-state index contributed by atoms with van der Waals surface area (Å²) in [6, 6.07) is 15.7. The zero-order valence-corrected chi connectivity index (χ0v) is 9.35. The van der Waals surface area contributed by atoms with Crippen molar-refractivity contribution < 1.29 is 5.11 Å². The number of phenolic OH excluding ortho intramolecular Hbond substituents is 1. The summed E-state index contributed by atoms with van der Waals surface area (Å²) in [5.74, 6) is 0.359. The summed E-state index contributed by atoms with van der Waals surface area (Å²) in [4.78, 5) is 3.25. The molecule has 84 valence electrons. The third kappa shape index (κ3) is 1.78. The predicted octanol–water partition coefficient (Wildman–Crippen LogP) is 3.46. The Balaban J connectivity index is 2.03. The lowest BCUT2D eigenvalue weighted by atomic mass is 10.0. The molecular weight excluding hydrogens is 210 g/mol. The quantitative estimate of drug-likeness (QED) is 0.685. The zero-order valence-electron chi connectivity index (χ0n) is 9.35. The number of nitrogens with one attached hydrogen (secondary N) is 1. The second-order valence-corrected chi connectivity index (χ2v) is 4.16. The number of aromatic nitrogens is 1. The van der Waals surface area contributed by atoms with Gasteiger partial charge in [0, 0.05) is 23.5 Å². The molecule has 0 spiro atoms. The Morgan fingerprint density at radius 3 is 2.53 bits per heavy atom. The molecule has 17 heavy (non-hydrogen) atoms. The van der Waals surface area contributed by atoms with Gasteiger partial charge in [-0.3, -0.25) is 0 Å². The van der Waals surface area contributed by atoms with Crippen LogP contribution in [-0.2, 0) is 6.42 Å². The summed E-state index contributed by atoms with van der Waals surface area (Å²) >= 11 is 0. The van der Waals surface area contributed by atoms with Crippen LogP contribution in [-0.4, -0.2) is 10.1 Å². The van der Waals surface area contributed by atoms with Crippen molar-refractivity contribution in [3.63, 3.8) is 0 Å². The van der Waals surface area contributed by atoms with Gasteiger partial charge in [0.2, 0.25) is 0 Å². The molecule has 0 aliphatic rings. The molecule has 0 fully saturated rings. The van der Waals surface area contributed by atoms with E-state index in [2.05, 4.69) is 17.1 Å². The molecule has 2 heteroatoms. The smallest absolute Gasteiger partial charge is 0.119 e. The topological polar surface area (TPSA) is 36.0 Å². The number of para-hydroxylation sites is 2. The average Bonchev–Trinajstić information content (AvgIpc) is 2.76. The molecule has 0 bridgehead atoms. The van der Waals surface area contributed by atoms with E-state index >= 15 is 0 Å². The van der Waals surface area contributed by atoms with Crippen LogP contribution in [0, 0.1) is 0 Å². The number of rotatable bonds is 2. The Kier molecular flexibility index (Phi) is 2.33. The third-order valence-electron chi connectivity index (χ3n) is 3.05. The first-order valence-electron chi connectivity index (χ1n) is 5.66. The minimum atomic E-state index is 0.359. The summed E-state index contributed by atoms with van der Waals surface area (Å²) in [5, 5.41) is 11.0. The number of benzene rings is 2. The lowest BCUT2D eigenvalue weighted by molar-refractivity contribution is 0.469. The molecule has 1 aromatic heterocycles. The van der Waals surface area contributed by atoms with Crippen molar-refractivity contribution in [2.75, 3.05) is 0 Å². The lowest BCUT2D eigenvalue weighted by Gasteiger charge is -2.03. The van der Waals surface area contributed by atoms with Crippen molar-refractivity contribution in [3.05, 3.63) is 65.9 Å². The summed E-state index contributed by atoms with van der Waals surface area (Å²) in [6.45, 7) is 0. The molecule has 0 amide bonds. The standard InChI is InChI=1S/C15H13NO/c17-15-8-4-1-5-11(15)9-12-10-16-14-7-3-2-6-13(12)14/h1-8,10,16-17H,9H2. The Labute approximate surface area is 99.5 Å². The van der Waals surface area contributed by atoms with Gasteiger partial charge in [-0.1, -0.05) is 36.4 Å². The number of aromatic amines is 1. The molecule has 0 aliphatic carbocycles. The van der Waals surface area contributed by atoms with Crippen molar-refractivity contribution >= 4 is 10.9 Å². The Hall–Kier alpha value is -2.22. The normalized spacial score (nSPS) is 10.8. The van der Waals surface area contributed by atoms with E-state index in [9.17, 15) is 5.11 Å². The van der Waals surface area contributed by atoms with Crippen molar-refractivity contribution in [1.29, 1.82) is 0 Å². The highest BCUT2D eigenvalue weighted by Gasteiger charge is 2.06. The van der Waals surface area contributed by atoms with E-state index in [-0.39, 0.29) is 0 Å². The van der Waals surface area contributed by atoms with Gasteiger partial charge >= 0.3 is 0 Å². The van der Waals surface area contributed by atoms with Crippen LogP contribution in [0.25, 0.3) is 10.9 Å². The second-order valence-electron chi connectivity index (χ2n) is 4.16. The second kappa shape index (κ2) is 3.98. The molecule has 3 aromatic rings. The first-order valence-corrected chi connectivity index (χ1v) is 5.66. The molecule has 2 aromatic carbocycles. The number of hydrogen-bond donors (Lipinski definition) is 2. The van der Waals surface area contributed by atoms with E-state index < -0.39 is 0 Å². The average molecular weight is 223 g/mol. The van der Waals surface area contributed by atoms with Crippen LogP contribution in [0.4, 0.5) is 0 Å². The van der Waals surface area contributed by atoms with E-state index in [1.54, 1.807) is 6.07 Å². The third-order valence-corrected chi connectivity index (χ3v) is 3.05. The summed E-state index contributed by atoms with van der Waals surface area (Å²) in [5.41, 5.74) is 3.30. The van der Waals surface area contributed by atoms with Gasteiger partial charge in [-0.25, -0.2) is 0 Å². The van der Waals surface area contributed by atoms with Gasteiger partial charge in [0.15, 0.2) is 0 Å². The fourth-order valence-electron chi connectivity index (χ4n) is 2.14. The van der Waals surface area contributed by atoms with E-state index in [1.807, 2.05) is 36.5 Å². The number of fused-ring (bicyclic) bond motifs is 1. The largest absolute Gasteiger partial charge is 0.508 e. The van der Waals surface area contributed by atoms with Gasteiger partial charge in [-0.2, -0.15) is 0 Å². The maximum atomic E-state index is 9.77. The van der Waals surface area contributed by atoms with Crippen molar-refractivity contribution in [3.8, 4) is 5.75 Å². The van der Waals surface area contributed by atoms with Gasteiger partial charge in [0.05, 0.1) is 0 Å². The molecule has 0 aliphatic heterocycles. The molecular formula is C15H13NO. The van der Waals surface area contributed by atoms with Crippen LogP contribution in [0.2, 0.25) is 0 Å². The first kappa shape index (κ1) is 9.97. The minimum Gasteiger partial charge on any atom is -0.508 e. The Morgan fingerprint density at radius 1 is 0.882 bits per heavy atom. The van der Waals surface area contributed by atoms with Gasteiger partial charge in [-0.15, -0.1) is 0 Å². The number of hydrogen-bond acceptors (Lipinski definition) is 1. The maximum absolute atomic E-state index is 9.77. The van der Waals surface area contributed by atoms with Crippen LogP contribution >= 0.6 is 0 Å². The Bertz CT molecular complexity index is 655. The molecule has 1 heterocycles. The van der Waals surface area contributed by atoms with Crippen LogP contribution in [0.1, 0.15) is 11.1 Å². The lowest BCUT2D eigenvalue weighted by Crippen LogP contribution is -1.86. The minimum absolute atomic E-state index is 0.359. The fraction of sp³-hybridized carbons (Fsp3) is 0.0667. The molecule has 0 unspecified atom stereocenters. The number of phenols is 1. The summed E-state index contributed by atoms with van der Waals surface area (Å²) < 4.78 is 0. The van der Waals surface area contributed by atoms with Gasteiger partial charge in [0.25, 0.3) is 0 Å². The molecule has 2 nitrogen and oxygen atoms in total. The first-order chi connectivity index (χ1) is 8.34. The summed E-state index contributed by atoms with van der Waals surface area (Å²) in [7, 11) is 0. The highest BCUT2D eigenvalue weighted by molar-refractivity contribution is 5.83. The van der Waals surface area contributed by atoms with Gasteiger partial charge in [0.1, 0.15) is 5.75 Å². The van der Waals surface area contributed by atoms with Crippen LogP contribution in [0.3, 0.4) is 0 Å². The van der Waals surface area contributed by atoms with Crippen LogP contribution in [0.15, 0.2) is 54.7 Å². The molecule has 0 radical (unpaired) electrons. The predicted molar refractivity (Wildman–Crippen MR) is 69.2 cm³/mol. The molecule has 0 atom stereocenters. The monoisotopic (exact) mass is 223 g/mol. The van der Waals surface area contributed by atoms with Crippen LogP contribution in [0.5, 0.6) is 5.75 Å². The van der Waals surface area contributed by atoms with Crippen molar-refractivity contribution in [2.45, 2.75) is 6.42 Å². The fourth-order valence-corrected chi connectivity index (χ4v) is 2.14. The van der Waals surface area contributed by atoms with E-state index in [0.717, 1.165) is 17.5 Å². The van der Waals surface area contributed by atoms with E-state index in [4.69, 9.17) is 0 Å². The van der Waals surface area contributed by atoms with Gasteiger partial charge in [-0.05, 0) is 23.3 Å². The summed E-state index contributed by atoms with van der Waals surface area (Å²) in [6.07, 6.45) is 2.76. The van der Waals surface area contributed by atoms with Crippen molar-refractivity contribution in [2.24, 2.45) is 0 Å². The van der Waals surface area contributed by atoms with Crippen molar-refractivity contribution in [1.82, 2.24) is 4.98 Å². The Morgan fingerprint density at radius 2 is 1.65 bits per heavy atom. The number of H-pyrrole nitrogens is 1. The highest BCUT2D eigenvalue weighted by atomic mass is 16.3. The van der Waals surface area contributed by atoms with Crippen LogP contribution < -0.4 is 0 Å².